The molecule has 3 fully saturated rings. The molecular weight excluding hydrogens is 1270 g/mol. The predicted octanol–water partition coefficient (Wildman–Crippen LogP) is 1.99. The number of imide groups is 1. The number of thiol groups is 1. The zero-order valence-corrected chi connectivity index (χ0v) is 51.1. The Hall–Kier alpha value is -8.19. The molecule has 35 nitrogen and oxygen atoms in total. The third-order valence-electron chi connectivity index (χ3n) is 14.5. The lowest BCUT2D eigenvalue weighted by molar-refractivity contribution is -0.137. The van der Waals surface area contributed by atoms with E-state index in [1.165, 1.54) is 7.05 Å². The van der Waals surface area contributed by atoms with Gasteiger partial charge in [-0.15, -0.1) is 0 Å². The van der Waals surface area contributed by atoms with Crippen LogP contribution >= 0.6 is 26.9 Å². The number of carbonyl (C=O) groups is 8. The molecule has 5 aromatic rings. The number of nitrogens with zero attached hydrogens (tertiary/aromatic N) is 10. The van der Waals surface area contributed by atoms with E-state index >= 15 is 8.78 Å². The Morgan fingerprint density at radius 2 is 1.44 bits per heavy atom. The van der Waals surface area contributed by atoms with Gasteiger partial charge in [-0.25, -0.2) is 62.2 Å². The van der Waals surface area contributed by atoms with E-state index in [-0.39, 0.29) is 92.5 Å². The summed E-state index contributed by atoms with van der Waals surface area (Å²) in [6.45, 7) is -3.85. The summed E-state index contributed by atoms with van der Waals surface area (Å²) in [5.41, 5.74) is 12.0. The van der Waals surface area contributed by atoms with Gasteiger partial charge in [-0.2, -0.15) is 0 Å². The lowest BCUT2D eigenvalue weighted by Gasteiger charge is -2.27. The maximum absolute atomic E-state index is 16.6. The second kappa shape index (κ2) is 29.0. The molecule has 8 heterocycles. The minimum Gasteiger partial charge on any atom is -0.447 e. The second-order valence-corrected chi connectivity index (χ2v) is 25.5. The number of nitrogens with one attached hydrogen (secondary N) is 4. The first-order valence-electron chi connectivity index (χ1n) is 27.9. The van der Waals surface area contributed by atoms with Gasteiger partial charge in [0.25, 0.3) is 11.8 Å². The molecule has 0 spiro atoms. The van der Waals surface area contributed by atoms with Gasteiger partial charge < -0.3 is 56.2 Å². The number of hydrogen-bond donors (Lipinski definition) is 8. The molecular formula is C51H62F2N16O19P2S. The molecule has 8 amide bonds. The largest absolute Gasteiger partial charge is 0.472 e. The van der Waals surface area contributed by atoms with E-state index in [2.05, 4.69) is 63.4 Å². The number of halogens is 2. The van der Waals surface area contributed by atoms with E-state index in [0.29, 0.717) is 11.1 Å². The fourth-order valence-corrected chi connectivity index (χ4v) is 12.3. The number of anilines is 2. The van der Waals surface area contributed by atoms with Gasteiger partial charge in [-0.3, -0.25) is 61.4 Å². The van der Waals surface area contributed by atoms with Crippen molar-refractivity contribution in [3.05, 3.63) is 72.9 Å². The van der Waals surface area contributed by atoms with Crippen LogP contribution in [0.3, 0.4) is 0 Å². The molecule has 0 saturated carbocycles. The van der Waals surface area contributed by atoms with E-state index in [1.54, 1.807) is 38.1 Å². The molecule has 0 aliphatic carbocycles. The number of hydrogen-bond acceptors (Lipinski definition) is 25. The molecule has 3 saturated heterocycles. The van der Waals surface area contributed by atoms with Crippen molar-refractivity contribution in [2.24, 2.45) is 11.7 Å². The number of aromatic nitrogens is 8. The Balaban J connectivity index is 0.738. The summed E-state index contributed by atoms with van der Waals surface area (Å²) >= 11 is 4.01. The highest BCUT2D eigenvalue weighted by Crippen LogP contribution is 2.59. The van der Waals surface area contributed by atoms with E-state index in [0.717, 1.165) is 56.4 Å². The van der Waals surface area contributed by atoms with Gasteiger partial charge in [-0.1, -0.05) is 50.4 Å². The summed E-state index contributed by atoms with van der Waals surface area (Å²) in [5, 5.41) is 10.2. The van der Waals surface area contributed by atoms with Gasteiger partial charge in [-0.05, 0) is 29.9 Å². The topological polar surface area (TPSA) is 459 Å². The number of imidazole rings is 2. The summed E-state index contributed by atoms with van der Waals surface area (Å²) in [6, 6.07) is 3.56. The maximum atomic E-state index is 16.6. The second-order valence-electron chi connectivity index (χ2n) is 21.2. The van der Waals surface area contributed by atoms with Crippen molar-refractivity contribution in [3.63, 3.8) is 0 Å². The van der Waals surface area contributed by atoms with Crippen molar-refractivity contribution in [1.82, 2.24) is 64.8 Å². The quantitative estimate of drug-likeness (QED) is 0.0212. The number of amides is 8. The van der Waals surface area contributed by atoms with Crippen LogP contribution < -0.4 is 32.7 Å². The Morgan fingerprint density at radius 3 is 2.09 bits per heavy atom. The minimum atomic E-state index is -5.25. The van der Waals surface area contributed by atoms with Gasteiger partial charge in [0.1, 0.15) is 61.8 Å². The summed E-state index contributed by atoms with van der Waals surface area (Å²) in [4.78, 5) is 138. The molecule has 1 unspecified atom stereocenters. The lowest BCUT2D eigenvalue weighted by atomic mass is 9.97. The van der Waals surface area contributed by atoms with Crippen LogP contribution in [0.15, 0.2) is 61.7 Å². The van der Waals surface area contributed by atoms with Crippen LogP contribution in [0, 0.1) is 5.92 Å². The number of ketones is 1. The zero-order valence-electron chi connectivity index (χ0n) is 48.4. The Kier molecular flexibility index (Phi) is 21.4. The van der Waals surface area contributed by atoms with E-state index in [4.69, 9.17) is 48.5 Å². The molecule has 9 rings (SSSR count). The van der Waals surface area contributed by atoms with Crippen molar-refractivity contribution in [1.29, 1.82) is 0 Å². The monoisotopic (exact) mass is 1330 g/mol. The molecule has 9 N–H and O–H groups in total. The van der Waals surface area contributed by atoms with Gasteiger partial charge in [0.2, 0.25) is 11.8 Å². The van der Waals surface area contributed by atoms with Gasteiger partial charge in [0.05, 0.1) is 38.5 Å². The number of phosphoric ester groups is 1. The number of likely N-dealkylation sites (N-methyl/N-ethyl adjacent to an activating group) is 1. The molecule has 0 radical (unpaired) electrons. The number of alkyl halides is 2. The summed E-state index contributed by atoms with van der Waals surface area (Å²) in [5.74, 6) is -3.46. The average molecular weight is 1340 g/mol. The zero-order chi connectivity index (χ0) is 65.5. The summed E-state index contributed by atoms with van der Waals surface area (Å²) < 4.78 is 106. The minimum absolute atomic E-state index is 0.0252. The number of nitrogens with two attached hydrogens (primary N) is 2. The number of benzene rings is 1. The first kappa shape index (κ1) is 67.2. The van der Waals surface area contributed by atoms with Gasteiger partial charge >= 0.3 is 32.8 Å². The Morgan fingerprint density at radius 1 is 0.835 bits per heavy atom. The number of ether oxygens (including phenoxy) is 4. The molecule has 4 aliphatic rings. The SMILES string of the molecule is CC(C)[C@H](NC(=O)CCN1C(=O)C=CC1=O)C(=O)N[C@@H](CCCNC(N)=O)C(=O)Cc1ccc(COC(=O)N(C)CCOC(=O)Nc2ncnc3c2ncn3[C@@H]2O[C@@H]3COP(=O)(O)O[C@H]4[C@@H](F)[C@H](n5cnc6c(N)ncnc65)O[C@@H]4CO[P@@](=O)(S)O[C@H]3[C@H]2F)cc1. The van der Waals surface area contributed by atoms with Crippen LogP contribution in [0.4, 0.5) is 34.8 Å². The number of primary amides is 1. The van der Waals surface area contributed by atoms with Crippen molar-refractivity contribution < 1.29 is 98.2 Å². The Bertz CT molecular complexity index is 3690. The van der Waals surface area contributed by atoms with Crippen LogP contribution in [0.5, 0.6) is 0 Å². The number of carbonyl (C=O) groups excluding carboxylic acids is 8. The van der Waals surface area contributed by atoms with Crippen LogP contribution in [-0.4, -0.2) is 197 Å². The number of fused-ring (bicyclic) bond motifs is 4. The van der Waals surface area contributed by atoms with Gasteiger partial charge in [0, 0.05) is 45.1 Å². The highest BCUT2D eigenvalue weighted by Gasteiger charge is 2.55. The van der Waals surface area contributed by atoms with Crippen LogP contribution in [-0.2, 0) is 83.2 Å². The number of phosphoric acid groups is 1. The third kappa shape index (κ3) is 16.5. The average Bonchev–Trinajstić information content (AvgIpc) is 1.63. The number of urea groups is 1. The fraction of sp³-hybridized carbons (Fsp3) is 0.490. The van der Waals surface area contributed by atoms with Crippen molar-refractivity contribution in [3.8, 4) is 0 Å². The van der Waals surface area contributed by atoms with E-state index in [9.17, 15) is 52.4 Å². The van der Waals surface area contributed by atoms with E-state index < -0.39 is 143 Å². The highest BCUT2D eigenvalue weighted by molar-refractivity contribution is 8.44. The molecule has 490 valence electrons. The van der Waals surface area contributed by atoms with Crippen molar-refractivity contribution >= 4 is 108 Å². The van der Waals surface area contributed by atoms with Crippen LogP contribution in [0.2, 0.25) is 0 Å². The third-order valence-corrected chi connectivity index (χ3v) is 17.1. The standard InChI is InChI=1S/C51H62F2N16O19P2S/c1-25(2)37(64-32(71)12-14-67-33(72)10-11-34(67)73)46(74)63-28(5-4-13-56-49(55)75)29(70)17-26-6-8-27(9-7-26)18-82-51(77)66(3)15-16-81-50(76)65-43-39-45(60-22-58-43)69(24-62-39)48-36(53)41-30(85-48)19-83-89(78,79)87-40-31(20-84-90(80,91)88-41)86-47(35(40)52)68-23-61-38-42(54)57-21-59-44(38)68/h6-11,21-25,28,30-31,35-37,40-41,47-48H,4-5,12-20H2,1-3H3,(H,63,74)(H,64,71)(H,78,79)(H,80,91)(H2,54,57,59)(H3,55,56,75)(H,58,60,65,76)/t28-,30+,31+,35+,36+,37-,40+,41+,47+,48+,90+/m0/s1. The number of rotatable bonds is 22. The molecule has 12 atom stereocenters. The molecule has 4 aromatic heterocycles. The number of nitrogen functional groups attached to an aromatic ring is 1. The molecule has 91 heavy (non-hydrogen) atoms. The molecule has 1 aromatic carbocycles. The first-order chi connectivity index (χ1) is 43.3. The smallest absolute Gasteiger partial charge is 0.447 e. The lowest BCUT2D eigenvalue weighted by Crippen LogP contribution is -2.54. The van der Waals surface area contributed by atoms with Crippen LogP contribution in [0.25, 0.3) is 22.3 Å². The molecule has 0 bridgehead atoms. The fourth-order valence-electron chi connectivity index (χ4n) is 9.82. The van der Waals surface area contributed by atoms with Crippen LogP contribution in [0.1, 0.15) is 56.7 Å². The summed E-state index contributed by atoms with van der Waals surface area (Å²) in [7, 11) is -3.87. The van der Waals surface area contributed by atoms with Crippen molar-refractivity contribution in [2.45, 2.75) is 107 Å². The number of Topliss-reactive ketones (excluding diaryl/α,β-unsaturated/α-hetero) is 1. The Labute approximate surface area is 519 Å². The molecule has 40 heteroatoms. The maximum Gasteiger partial charge on any atom is 0.472 e. The predicted molar refractivity (Wildman–Crippen MR) is 310 cm³/mol. The normalized spacial score (nSPS) is 25.6. The first-order valence-corrected chi connectivity index (χ1v) is 32.0. The van der Waals surface area contributed by atoms with Gasteiger partial charge in [0.15, 0.2) is 59.0 Å². The molecule has 4 aliphatic heterocycles. The van der Waals surface area contributed by atoms with E-state index in [1.807, 2.05) is 0 Å². The van der Waals surface area contributed by atoms with Crippen molar-refractivity contribution in [2.75, 3.05) is 57.6 Å². The highest BCUT2D eigenvalue weighted by atomic mass is 32.7. The summed E-state index contributed by atoms with van der Waals surface area (Å²) in [6.07, 6.45) is -10.3.